The first kappa shape index (κ1) is 24.4. The summed E-state index contributed by atoms with van der Waals surface area (Å²) in [4.78, 5) is 7.62. The molecule has 0 bridgehead atoms. The molecule has 7 nitrogen and oxygen atoms in total. The highest BCUT2D eigenvalue weighted by atomic mass is 19.4. The molecule has 1 saturated heterocycles. The molecule has 2 aliphatic rings. The van der Waals surface area contributed by atoms with Crippen LogP contribution in [0.2, 0.25) is 0 Å². The van der Waals surface area contributed by atoms with Crippen LogP contribution in [0.4, 0.5) is 13.2 Å². The second-order valence-electron chi connectivity index (χ2n) is 9.85. The topological polar surface area (TPSA) is 95.8 Å². The Labute approximate surface area is 207 Å². The summed E-state index contributed by atoms with van der Waals surface area (Å²) in [5.41, 5.74) is 2.03. The number of halogens is 3. The largest absolute Gasteiger partial charge is 0.433 e. The van der Waals surface area contributed by atoms with Crippen LogP contribution in [-0.2, 0) is 12.7 Å². The van der Waals surface area contributed by atoms with Gasteiger partial charge in [0.15, 0.2) is 0 Å². The van der Waals surface area contributed by atoms with Crippen molar-refractivity contribution in [1.29, 1.82) is 10.8 Å². The summed E-state index contributed by atoms with van der Waals surface area (Å²) in [5.74, 6) is 0.461. The van der Waals surface area contributed by atoms with Gasteiger partial charge in [0.05, 0.1) is 17.5 Å². The Morgan fingerprint density at radius 2 is 1.97 bits per heavy atom. The summed E-state index contributed by atoms with van der Waals surface area (Å²) < 4.78 is 41.4. The molecule has 1 saturated carbocycles. The van der Waals surface area contributed by atoms with Gasteiger partial charge in [0, 0.05) is 30.5 Å². The van der Waals surface area contributed by atoms with Gasteiger partial charge in [-0.15, -0.1) is 0 Å². The number of likely N-dealkylation sites (tertiary alicyclic amines) is 1. The maximum atomic E-state index is 13.8. The van der Waals surface area contributed by atoms with Gasteiger partial charge in [0.25, 0.3) is 0 Å². The molecule has 3 aromatic rings. The Balaban J connectivity index is 1.58. The Hall–Kier alpha value is -3.27. The van der Waals surface area contributed by atoms with E-state index in [1.807, 2.05) is 24.3 Å². The molecule has 1 atom stereocenters. The first-order valence-corrected chi connectivity index (χ1v) is 12.4. The molecule has 0 radical (unpaired) electrons. The predicted octanol–water partition coefficient (Wildman–Crippen LogP) is 5.64. The Morgan fingerprint density at radius 3 is 2.61 bits per heavy atom. The quantitative estimate of drug-likeness (QED) is 0.291. The van der Waals surface area contributed by atoms with Gasteiger partial charge >= 0.3 is 6.18 Å². The molecule has 0 spiro atoms. The van der Waals surface area contributed by atoms with E-state index < -0.39 is 11.9 Å². The highest BCUT2D eigenvalue weighted by molar-refractivity contribution is 5.96. The number of nitrogens with zero attached hydrogens (tertiary/aromatic N) is 4. The number of hydrogen-bond donors (Lipinski definition) is 3. The molecule has 5 rings (SSSR count). The van der Waals surface area contributed by atoms with Crippen LogP contribution in [0.15, 0.2) is 30.3 Å². The Bertz CT molecular complexity index is 1270. The van der Waals surface area contributed by atoms with Gasteiger partial charge in [-0.2, -0.15) is 18.3 Å². The number of amidine groups is 1. The molecular weight excluding hydrogens is 467 g/mol. The average molecular weight is 498 g/mol. The van der Waals surface area contributed by atoms with Crippen LogP contribution in [0.1, 0.15) is 55.0 Å². The van der Waals surface area contributed by atoms with Crippen LogP contribution >= 0.6 is 0 Å². The molecule has 2 aromatic heterocycles. The van der Waals surface area contributed by atoms with Crippen molar-refractivity contribution in [2.24, 2.45) is 5.92 Å². The lowest BCUT2D eigenvalue weighted by atomic mass is 9.72. The van der Waals surface area contributed by atoms with E-state index in [0.29, 0.717) is 46.2 Å². The van der Waals surface area contributed by atoms with Crippen LogP contribution < -0.4 is 0 Å². The fraction of sp³-hybridized carbons (Fsp3) is 0.462. The third-order valence-corrected chi connectivity index (χ3v) is 7.50. The maximum absolute atomic E-state index is 13.8. The zero-order valence-corrected chi connectivity index (χ0v) is 20.2. The van der Waals surface area contributed by atoms with Gasteiger partial charge in [-0.3, -0.25) is 20.8 Å². The molecule has 190 valence electrons. The van der Waals surface area contributed by atoms with Crippen molar-refractivity contribution in [3.63, 3.8) is 0 Å². The standard InChI is InChI=1S/C26H30F3N7/c1-35(15-30)25(31)22(16-6-4-7-16)17-8-5-9-18(12-17)23-19-13-21(26(27,28)29)32-20(24(19)34-33-23)14-36-10-2-3-11-36/h5,8-9,12-13,15-16,22,30-31H,2-4,6-7,10-11,14H2,1H3,(H,33,34). The number of pyridine rings is 1. The van der Waals surface area contributed by atoms with Crippen molar-refractivity contribution in [3.05, 3.63) is 47.3 Å². The van der Waals surface area contributed by atoms with Crippen LogP contribution in [0.3, 0.4) is 0 Å². The lowest BCUT2D eigenvalue weighted by Crippen LogP contribution is -2.36. The molecule has 36 heavy (non-hydrogen) atoms. The fourth-order valence-electron chi connectivity index (χ4n) is 5.31. The summed E-state index contributed by atoms with van der Waals surface area (Å²) in [7, 11) is 1.69. The molecule has 1 aliphatic carbocycles. The number of benzene rings is 1. The minimum absolute atomic E-state index is 0.186. The monoisotopic (exact) mass is 497 g/mol. The van der Waals surface area contributed by atoms with Gasteiger partial charge in [0.1, 0.15) is 17.2 Å². The summed E-state index contributed by atoms with van der Waals surface area (Å²) in [6.45, 7) is 2.04. The Morgan fingerprint density at radius 1 is 1.22 bits per heavy atom. The average Bonchev–Trinajstić information content (AvgIpc) is 3.49. The minimum atomic E-state index is -4.56. The maximum Gasteiger partial charge on any atom is 0.433 e. The van der Waals surface area contributed by atoms with E-state index in [9.17, 15) is 13.2 Å². The molecule has 3 heterocycles. The first-order valence-electron chi connectivity index (χ1n) is 12.4. The van der Waals surface area contributed by atoms with E-state index in [2.05, 4.69) is 20.1 Å². The van der Waals surface area contributed by atoms with Gasteiger partial charge in [-0.25, -0.2) is 4.98 Å². The third kappa shape index (κ3) is 4.61. The van der Waals surface area contributed by atoms with E-state index in [4.69, 9.17) is 10.8 Å². The molecule has 1 unspecified atom stereocenters. The highest BCUT2D eigenvalue weighted by Gasteiger charge is 2.35. The minimum Gasteiger partial charge on any atom is -0.324 e. The lowest BCUT2D eigenvalue weighted by molar-refractivity contribution is -0.141. The van der Waals surface area contributed by atoms with Crippen molar-refractivity contribution < 1.29 is 13.2 Å². The van der Waals surface area contributed by atoms with Gasteiger partial charge < -0.3 is 4.90 Å². The van der Waals surface area contributed by atoms with Crippen molar-refractivity contribution in [1.82, 2.24) is 25.0 Å². The van der Waals surface area contributed by atoms with Gasteiger partial charge in [0.2, 0.25) is 0 Å². The Kier molecular flexibility index (Phi) is 6.55. The van der Waals surface area contributed by atoms with Gasteiger partial charge in [-0.05, 0) is 62.4 Å². The highest BCUT2D eigenvalue weighted by Crippen LogP contribution is 2.42. The first-order chi connectivity index (χ1) is 17.3. The number of nitrogens with one attached hydrogen (secondary N) is 3. The van der Waals surface area contributed by atoms with Crippen molar-refractivity contribution in [2.75, 3.05) is 20.1 Å². The number of fused-ring (bicyclic) bond motifs is 1. The summed E-state index contributed by atoms with van der Waals surface area (Å²) >= 11 is 0. The zero-order valence-electron chi connectivity index (χ0n) is 20.2. The van der Waals surface area contributed by atoms with E-state index >= 15 is 0 Å². The van der Waals surface area contributed by atoms with E-state index in [1.165, 1.54) is 4.90 Å². The van der Waals surface area contributed by atoms with E-state index in [-0.39, 0.29) is 5.92 Å². The molecule has 1 aromatic carbocycles. The second-order valence-corrected chi connectivity index (χ2v) is 9.85. The van der Waals surface area contributed by atoms with Crippen LogP contribution in [0.5, 0.6) is 0 Å². The molecule has 0 amide bonds. The SMILES string of the molecule is CN(C=N)C(=N)C(c1cccc(-c2n[nH]c3c(CN4CCCC4)nc(C(F)(F)F)cc23)c1)C1CCC1. The predicted molar refractivity (Wildman–Crippen MR) is 133 cm³/mol. The van der Waals surface area contributed by atoms with Crippen molar-refractivity contribution >= 4 is 23.1 Å². The number of likely N-dealkylation sites (N-methyl/N-ethyl adjacent to an activating group) is 1. The number of aromatic nitrogens is 3. The fourth-order valence-corrected chi connectivity index (χ4v) is 5.31. The number of hydrogen-bond acceptors (Lipinski definition) is 5. The van der Waals surface area contributed by atoms with Crippen molar-refractivity contribution in [2.45, 2.75) is 50.7 Å². The number of H-pyrrole nitrogens is 1. The smallest absolute Gasteiger partial charge is 0.324 e. The number of rotatable bonds is 7. The molecule has 1 aliphatic heterocycles. The lowest BCUT2D eigenvalue weighted by Gasteiger charge is -2.36. The number of aromatic amines is 1. The van der Waals surface area contributed by atoms with Crippen LogP contribution in [-0.4, -0.2) is 57.3 Å². The third-order valence-electron chi connectivity index (χ3n) is 7.50. The van der Waals surface area contributed by atoms with Gasteiger partial charge in [-0.1, -0.05) is 24.6 Å². The molecule has 10 heteroatoms. The second kappa shape index (κ2) is 9.65. The molecular formula is C26H30F3N7. The van der Waals surface area contributed by atoms with E-state index in [0.717, 1.165) is 63.2 Å². The number of alkyl halides is 3. The summed E-state index contributed by atoms with van der Waals surface area (Å²) in [6.07, 6.45) is 1.77. The summed E-state index contributed by atoms with van der Waals surface area (Å²) in [6, 6.07) is 8.68. The van der Waals surface area contributed by atoms with Crippen LogP contribution in [0.25, 0.3) is 22.2 Å². The van der Waals surface area contributed by atoms with Crippen LogP contribution in [0, 0.1) is 16.7 Å². The normalized spacial score (nSPS) is 17.8. The molecule has 2 fully saturated rings. The van der Waals surface area contributed by atoms with Crippen molar-refractivity contribution in [3.8, 4) is 11.3 Å². The zero-order chi connectivity index (χ0) is 25.4. The van der Waals surface area contributed by atoms with E-state index in [1.54, 1.807) is 7.05 Å². The molecule has 3 N–H and O–H groups in total. The summed E-state index contributed by atoms with van der Waals surface area (Å²) in [5, 5.41) is 24.1.